The Balaban J connectivity index is 1.77. The zero-order valence-electron chi connectivity index (χ0n) is 10.7. The molecule has 1 aromatic rings. The van der Waals surface area contributed by atoms with Crippen molar-refractivity contribution in [3.05, 3.63) is 29.3 Å². The lowest BCUT2D eigenvalue weighted by atomic mass is 9.91. The number of fused-ring (bicyclic) bond motifs is 1. The highest BCUT2D eigenvalue weighted by atomic mass is 16.4. The van der Waals surface area contributed by atoms with Crippen LogP contribution >= 0.6 is 0 Å². The van der Waals surface area contributed by atoms with Crippen LogP contribution in [0.5, 0.6) is 0 Å². The lowest BCUT2D eigenvalue weighted by Crippen LogP contribution is -2.06. The highest BCUT2D eigenvalue weighted by Gasteiger charge is 2.09. The number of rotatable bonds is 6. The summed E-state index contributed by atoms with van der Waals surface area (Å²) in [5.41, 5.74) is 4.15. The van der Waals surface area contributed by atoms with E-state index in [1.807, 2.05) is 0 Å². The van der Waals surface area contributed by atoms with Crippen molar-refractivity contribution in [2.75, 3.05) is 11.9 Å². The smallest absolute Gasteiger partial charge is 0.303 e. The SMILES string of the molecule is O=C(O)CCCCNc1ccc2c(c1)CCCC2. The van der Waals surface area contributed by atoms with Gasteiger partial charge in [0.05, 0.1) is 0 Å². The van der Waals surface area contributed by atoms with E-state index < -0.39 is 5.97 Å². The quantitative estimate of drug-likeness (QED) is 0.759. The van der Waals surface area contributed by atoms with Crippen LogP contribution in [0.15, 0.2) is 18.2 Å². The number of hydrogen-bond donors (Lipinski definition) is 2. The number of carbonyl (C=O) groups is 1. The summed E-state index contributed by atoms with van der Waals surface area (Å²) in [7, 11) is 0. The van der Waals surface area contributed by atoms with Crippen molar-refractivity contribution in [2.45, 2.75) is 44.9 Å². The average Bonchev–Trinajstić information content (AvgIpc) is 2.38. The van der Waals surface area contributed by atoms with Gasteiger partial charge in [0, 0.05) is 18.7 Å². The topological polar surface area (TPSA) is 49.3 Å². The van der Waals surface area contributed by atoms with Crippen molar-refractivity contribution < 1.29 is 9.90 Å². The van der Waals surface area contributed by atoms with Crippen molar-refractivity contribution in [3.63, 3.8) is 0 Å². The lowest BCUT2D eigenvalue weighted by Gasteiger charge is -2.17. The number of benzene rings is 1. The van der Waals surface area contributed by atoms with Crippen molar-refractivity contribution in [1.82, 2.24) is 0 Å². The number of aliphatic carboxylic acids is 1. The Morgan fingerprint density at radius 2 is 1.94 bits per heavy atom. The summed E-state index contributed by atoms with van der Waals surface area (Å²) in [5, 5.41) is 11.9. The van der Waals surface area contributed by atoms with Gasteiger partial charge in [-0.2, -0.15) is 0 Å². The normalized spacial score (nSPS) is 14.0. The second-order valence-corrected chi connectivity index (χ2v) is 4.97. The molecule has 0 spiro atoms. The van der Waals surface area contributed by atoms with E-state index in [0.717, 1.165) is 19.4 Å². The second kappa shape index (κ2) is 6.43. The summed E-state index contributed by atoms with van der Waals surface area (Å²) < 4.78 is 0. The highest BCUT2D eigenvalue weighted by Crippen LogP contribution is 2.24. The van der Waals surface area contributed by atoms with Crippen LogP contribution in [0.4, 0.5) is 5.69 Å². The zero-order valence-corrected chi connectivity index (χ0v) is 10.7. The predicted octanol–water partition coefficient (Wildman–Crippen LogP) is 3.23. The Morgan fingerprint density at radius 1 is 1.17 bits per heavy atom. The number of unbranched alkanes of at least 4 members (excludes halogenated alkanes) is 1. The first-order valence-corrected chi connectivity index (χ1v) is 6.83. The van der Waals surface area contributed by atoms with Gasteiger partial charge >= 0.3 is 5.97 Å². The molecule has 3 heteroatoms. The van der Waals surface area contributed by atoms with E-state index in [0.29, 0.717) is 0 Å². The van der Waals surface area contributed by atoms with Crippen molar-refractivity contribution in [3.8, 4) is 0 Å². The van der Waals surface area contributed by atoms with Crippen LogP contribution in [0.1, 0.15) is 43.2 Å². The lowest BCUT2D eigenvalue weighted by molar-refractivity contribution is -0.137. The third-order valence-corrected chi connectivity index (χ3v) is 3.50. The summed E-state index contributed by atoms with van der Waals surface area (Å²) >= 11 is 0. The third kappa shape index (κ3) is 3.76. The third-order valence-electron chi connectivity index (χ3n) is 3.50. The minimum atomic E-state index is -0.705. The fourth-order valence-electron chi connectivity index (χ4n) is 2.48. The molecule has 0 aromatic heterocycles. The first-order valence-electron chi connectivity index (χ1n) is 6.83. The van der Waals surface area contributed by atoms with Crippen LogP contribution < -0.4 is 5.32 Å². The molecule has 0 heterocycles. The molecule has 0 fully saturated rings. The molecule has 0 atom stereocenters. The molecule has 98 valence electrons. The Hall–Kier alpha value is -1.51. The second-order valence-electron chi connectivity index (χ2n) is 4.97. The van der Waals surface area contributed by atoms with E-state index >= 15 is 0 Å². The van der Waals surface area contributed by atoms with E-state index in [2.05, 4.69) is 23.5 Å². The molecule has 0 amide bonds. The molecule has 3 nitrogen and oxygen atoms in total. The van der Waals surface area contributed by atoms with Gasteiger partial charge in [0.15, 0.2) is 0 Å². The number of anilines is 1. The van der Waals surface area contributed by atoms with E-state index in [9.17, 15) is 4.79 Å². The highest BCUT2D eigenvalue weighted by molar-refractivity contribution is 5.66. The molecule has 1 aromatic carbocycles. The minimum Gasteiger partial charge on any atom is -0.481 e. The molecule has 1 aliphatic carbocycles. The number of hydrogen-bond acceptors (Lipinski definition) is 2. The van der Waals surface area contributed by atoms with Gasteiger partial charge in [-0.05, 0) is 61.8 Å². The fraction of sp³-hybridized carbons (Fsp3) is 0.533. The summed E-state index contributed by atoms with van der Waals surface area (Å²) in [6.45, 7) is 0.853. The van der Waals surface area contributed by atoms with Crippen molar-refractivity contribution in [2.24, 2.45) is 0 Å². The van der Waals surface area contributed by atoms with Gasteiger partial charge in [-0.25, -0.2) is 0 Å². The maximum absolute atomic E-state index is 10.4. The Bertz CT molecular complexity index is 415. The first kappa shape index (κ1) is 12.9. The van der Waals surface area contributed by atoms with Crippen LogP contribution in [-0.4, -0.2) is 17.6 Å². The summed E-state index contributed by atoms with van der Waals surface area (Å²) in [6.07, 6.45) is 6.95. The average molecular weight is 247 g/mol. The molecule has 2 N–H and O–H groups in total. The van der Waals surface area contributed by atoms with Gasteiger partial charge in [-0.3, -0.25) is 4.79 Å². The molecule has 0 radical (unpaired) electrons. The standard InChI is InChI=1S/C15H21NO2/c17-15(18)7-3-4-10-16-14-9-8-12-5-1-2-6-13(12)11-14/h8-9,11,16H,1-7,10H2,(H,17,18). The maximum Gasteiger partial charge on any atom is 0.303 e. The van der Waals surface area contributed by atoms with Gasteiger partial charge in [-0.15, -0.1) is 0 Å². The Labute approximate surface area is 108 Å². The largest absolute Gasteiger partial charge is 0.481 e. The molecule has 0 saturated carbocycles. The molecule has 0 saturated heterocycles. The summed E-state index contributed by atoms with van der Waals surface area (Å²) in [4.78, 5) is 10.4. The fourth-order valence-corrected chi connectivity index (χ4v) is 2.48. The Morgan fingerprint density at radius 3 is 2.72 bits per heavy atom. The summed E-state index contributed by atoms with van der Waals surface area (Å²) in [6, 6.07) is 6.63. The van der Waals surface area contributed by atoms with E-state index in [4.69, 9.17) is 5.11 Å². The molecule has 1 aliphatic rings. The van der Waals surface area contributed by atoms with Gasteiger partial charge in [0.1, 0.15) is 0 Å². The van der Waals surface area contributed by atoms with Crippen LogP contribution in [0.3, 0.4) is 0 Å². The van der Waals surface area contributed by atoms with E-state index in [1.54, 1.807) is 0 Å². The van der Waals surface area contributed by atoms with Crippen molar-refractivity contribution in [1.29, 1.82) is 0 Å². The first-order chi connectivity index (χ1) is 8.75. The predicted molar refractivity (Wildman–Crippen MR) is 73.1 cm³/mol. The van der Waals surface area contributed by atoms with Crippen LogP contribution in [-0.2, 0) is 17.6 Å². The van der Waals surface area contributed by atoms with Gasteiger partial charge < -0.3 is 10.4 Å². The van der Waals surface area contributed by atoms with Crippen LogP contribution in [0.2, 0.25) is 0 Å². The number of nitrogens with one attached hydrogen (secondary N) is 1. The summed E-state index contributed by atoms with van der Waals surface area (Å²) in [5.74, 6) is -0.705. The number of carboxylic acid groups (broad SMARTS) is 1. The molecule has 2 rings (SSSR count). The van der Waals surface area contributed by atoms with Crippen molar-refractivity contribution >= 4 is 11.7 Å². The number of aryl methyl sites for hydroxylation is 2. The molecular weight excluding hydrogens is 226 g/mol. The molecule has 0 aliphatic heterocycles. The molecule has 0 unspecified atom stereocenters. The minimum absolute atomic E-state index is 0.270. The zero-order chi connectivity index (χ0) is 12.8. The number of carboxylic acids is 1. The van der Waals surface area contributed by atoms with Gasteiger partial charge in [0.25, 0.3) is 0 Å². The van der Waals surface area contributed by atoms with Crippen LogP contribution in [0, 0.1) is 0 Å². The maximum atomic E-state index is 10.4. The van der Waals surface area contributed by atoms with Crippen LogP contribution in [0.25, 0.3) is 0 Å². The molecular formula is C15H21NO2. The molecule has 18 heavy (non-hydrogen) atoms. The Kier molecular flexibility index (Phi) is 4.62. The van der Waals surface area contributed by atoms with Gasteiger partial charge in [0.2, 0.25) is 0 Å². The van der Waals surface area contributed by atoms with E-state index in [1.165, 1.54) is 42.5 Å². The van der Waals surface area contributed by atoms with Gasteiger partial charge in [-0.1, -0.05) is 6.07 Å². The monoisotopic (exact) mass is 247 g/mol. The van der Waals surface area contributed by atoms with E-state index in [-0.39, 0.29) is 6.42 Å². The molecule has 0 bridgehead atoms.